The number of nitrogens with zero attached hydrogens (tertiary/aromatic N) is 3. The van der Waals surface area contributed by atoms with Crippen LogP contribution in [0.5, 0.6) is 0 Å². The van der Waals surface area contributed by atoms with Crippen LogP contribution in [-0.4, -0.2) is 21.0 Å². The topological polar surface area (TPSA) is 87.0 Å². The number of imidazole rings is 1. The van der Waals surface area contributed by atoms with E-state index < -0.39 is 4.92 Å². The molecule has 6 nitrogen and oxygen atoms in total. The first-order chi connectivity index (χ1) is 6.06. The summed E-state index contributed by atoms with van der Waals surface area (Å²) in [5, 5.41) is 10.4. The van der Waals surface area contributed by atoms with E-state index in [1.165, 1.54) is 6.20 Å². The molecule has 0 radical (unpaired) electrons. The Balaban J connectivity index is 3.02. The molecular weight excluding hydrogens is 172 g/mol. The van der Waals surface area contributed by atoms with Crippen molar-refractivity contribution in [3.8, 4) is 0 Å². The summed E-state index contributed by atoms with van der Waals surface area (Å²) in [7, 11) is 0. The maximum Gasteiger partial charge on any atom is 0.381 e. The van der Waals surface area contributed by atoms with Gasteiger partial charge in [0.1, 0.15) is 6.20 Å². The Morgan fingerprint density at radius 1 is 1.85 bits per heavy atom. The van der Waals surface area contributed by atoms with Gasteiger partial charge >= 0.3 is 5.82 Å². The van der Waals surface area contributed by atoms with Crippen LogP contribution in [0.2, 0.25) is 0 Å². The lowest BCUT2D eigenvalue weighted by molar-refractivity contribution is -0.389. The molecule has 1 aromatic heterocycles. The summed E-state index contributed by atoms with van der Waals surface area (Å²) in [4.78, 5) is 13.7. The molecule has 0 spiro atoms. The first-order valence-corrected chi connectivity index (χ1v) is 3.96. The van der Waals surface area contributed by atoms with E-state index in [4.69, 9.17) is 5.73 Å². The Labute approximate surface area is 75.5 Å². The second-order valence-electron chi connectivity index (χ2n) is 2.90. The van der Waals surface area contributed by atoms with Crippen molar-refractivity contribution in [3.63, 3.8) is 0 Å². The third-order valence-electron chi connectivity index (χ3n) is 1.91. The lowest BCUT2D eigenvalue weighted by Crippen LogP contribution is -2.16. The van der Waals surface area contributed by atoms with Gasteiger partial charge in [-0.15, -0.1) is 0 Å². The van der Waals surface area contributed by atoms with Crippen LogP contribution in [-0.2, 0) is 0 Å². The second kappa shape index (κ2) is 3.53. The Morgan fingerprint density at radius 3 is 2.85 bits per heavy atom. The van der Waals surface area contributed by atoms with Gasteiger partial charge in [0.05, 0.1) is 0 Å². The predicted octanol–water partition coefficient (Wildman–Crippen LogP) is 0.619. The average molecular weight is 184 g/mol. The van der Waals surface area contributed by atoms with E-state index in [2.05, 4.69) is 4.98 Å². The van der Waals surface area contributed by atoms with Crippen LogP contribution in [0.15, 0.2) is 6.20 Å². The zero-order chi connectivity index (χ0) is 10.0. The first-order valence-electron chi connectivity index (χ1n) is 3.96. The fourth-order valence-corrected chi connectivity index (χ4v) is 1.12. The molecule has 72 valence electrons. The number of aromatic nitrogens is 2. The molecule has 0 bridgehead atoms. The van der Waals surface area contributed by atoms with E-state index in [-0.39, 0.29) is 11.9 Å². The second-order valence-corrected chi connectivity index (χ2v) is 2.90. The van der Waals surface area contributed by atoms with Crippen LogP contribution >= 0.6 is 0 Å². The molecule has 0 aromatic carbocycles. The summed E-state index contributed by atoms with van der Waals surface area (Å²) in [5.41, 5.74) is 5.44. The predicted molar refractivity (Wildman–Crippen MR) is 47.4 cm³/mol. The van der Waals surface area contributed by atoms with Crippen molar-refractivity contribution in [3.05, 3.63) is 22.1 Å². The van der Waals surface area contributed by atoms with Crippen LogP contribution in [0.4, 0.5) is 5.82 Å². The zero-order valence-electron chi connectivity index (χ0n) is 7.60. The van der Waals surface area contributed by atoms with Crippen molar-refractivity contribution in [2.24, 2.45) is 5.73 Å². The average Bonchev–Trinajstić information content (AvgIpc) is 2.46. The minimum absolute atomic E-state index is 0.0428. The fourth-order valence-electron chi connectivity index (χ4n) is 1.12. The molecule has 0 aliphatic heterocycles. The van der Waals surface area contributed by atoms with Crippen molar-refractivity contribution in [2.45, 2.75) is 19.9 Å². The molecule has 0 saturated heterocycles. The lowest BCUT2D eigenvalue weighted by Gasteiger charge is -2.08. The Kier molecular flexibility index (Phi) is 2.62. The van der Waals surface area contributed by atoms with Crippen LogP contribution in [0.3, 0.4) is 0 Å². The van der Waals surface area contributed by atoms with Crippen LogP contribution in [0.25, 0.3) is 0 Å². The molecule has 13 heavy (non-hydrogen) atoms. The highest BCUT2D eigenvalue weighted by Crippen LogP contribution is 2.14. The van der Waals surface area contributed by atoms with Crippen molar-refractivity contribution >= 4 is 5.82 Å². The quantitative estimate of drug-likeness (QED) is 0.551. The van der Waals surface area contributed by atoms with Crippen molar-refractivity contribution < 1.29 is 4.92 Å². The highest BCUT2D eigenvalue weighted by molar-refractivity contribution is 5.17. The number of nitrogens with two attached hydrogens (primary N) is 1. The Bertz CT molecular complexity index is 320. The number of rotatable bonds is 3. The Hall–Kier alpha value is -1.43. The summed E-state index contributed by atoms with van der Waals surface area (Å²) >= 11 is 0. The largest absolute Gasteiger partial charge is 0.381 e. The Morgan fingerprint density at radius 2 is 2.46 bits per heavy atom. The number of nitro groups is 1. The summed E-state index contributed by atoms with van der Waals surface area (Å²) in [6.45, 7) is 4.05. The summed E-state index contributed by atoms with van der Waals surface area (Å²) in [6.07, 6.45) is 1.41. The molecule has 1 atom stereocenters. The van der Waals surface area contributed by atoms with E-state index in [9.17, 15) is 10.1 Å². The lowest BCUT2D eigenvalue weighted by atomic mass is 10.3. The third-order valence-corrected chi connectivity index (χ3v) is 1.91. The van der Waals surface area contributed by atoms with Crippen molar-refractivity contribution in [2.75, 3.05) is 6.54 Å². The van der Waals surface area contributed by atoms with Crippen LogP contribution in [0.1, 0.15) is 18.8 Å². The minimum Gasteiger partial charge on any atom is -0.358 e. The van der Waals surface area contributed by atoms with E-state index in [1.54, 1.807) is 11.5 Å². The molecule has 2 N–H and O–H groups in total. The SMILES string of the molecule is Cc1nc([N+](=O)[O-])cn1C(C)CN. The smallest absolute Gasteiger partial charge is 0.358 e. The van der Waals surface area contributed by atoms with Gasteiger partial charge in [-0.2, -0.15) is 0 Å². The molecule has 0 saturated carbocycles. The van der Waals surface area contributed by atoms with Gasteiger partial charge in [0, 0.05) is 19.5 Å². The molecule has 1 rings (SSSR count). The van der Waals surface area contributed by atoms with E-state index in [0.29, 0.717) is 12.4 Å². The van der Waals surface area contributed by atoms with Gasteiger partial charge in [-0.3, -0.25) is 0 Å². The maximum atomic E-state index is 10.4. The molecule has 0 amide bonds. The molecule has 0 aliphatic rings. The van der Waals surface area contributed by atoms with Gasteiger partial charge in [0.15, 0.2) is 0 Å². The normalized spacial score (nSPS) is 12.8. The molecule has 1 aromatic rings. The van der Waals surface area contributed by atoms with Gasteiger partial charge in [-0.1, -0.05) is 0 Å². The van der Waals surface area contributed by atoms with Crippen LogP contribution in [0, 0.1) is 17.0 Å². The summed E-state index contributed by atoms with van der Waals surface area (Å²) < 4.78 is 1.71. The monoisotopic (exact) mass is 184 g/mol. The molecule has 0 fully saturated rings. The van der Waals surface area contributed by atoms with Gasteiger partial charge in [0.25, 0.3) is 0 Å². The van der Waals surface area contributed by atoms with Crippen molar-refractivity contribution in [1.29, 1.82) is 0 Å². The summed E-state index contributed by atoms with van der Waals surface area (Å²) in [6, 6.07) is 0.0428. The van der Waals surface area contributed by atoms with E-state index in [0.717, 1.165) is 0 Å². The highest BCUT2D eigenvalue weighted by atomic mass is 16.6. The first kappa shape index (κ1) is 9.66. The van der Waals surface area contributed by atoms with Crippen molar-refractivity contribution in [1.82, 2.24) is 9.55 Å². The number of hydrogen-bond acceptors (Lipinski definition) is 4. The van der Waals surface area contributed by atoms with E-state index >= 15 is 0 Å². The molecule has 1 heterocycles. The molecular formula is C7H12N4O2. The number of hydrogen-bond donors (Lipinski definition) is 1. The van der Waals surface area contributed by atoms with Crippen LogP contribution < -0.4 is 5.73 Å². The van der Waals surface area contributed by atoms with E-state index in [1.807, 2.05) is 6.92 Å². The van der Waals surface area contributed by atoms with Gasteiger partial charge in [-0.25, -0.2) is 0 Å². The fraction of sp³-hybridized carbons (Fsp3) is 0.571. The molecule has 1 unspecified atom stereocenters. The maximum absolute atomic E-state index is 10.4. The molecule has 0 aliphatic carbocycles. The van der Waals surface area contributed by atoms with Gasteiger partial charge < -0.3 is 20.4 Å². The molecule has 6 heteroatoms. The number of aryl methyl sites for hydroxylation is 1. The highest BCUT2D eigenvalue weighted by Gasteiger charge is 2.17. The van der Waals surface area contributed by atoms with Gasteiger partial charge in [-0.05, 0) is 16.8 Å². The summed E-state index contributed by atoms with van der Waals surface area (Å²) in [5.74, 6) is 0.488. The minimum atomic E-state index is -0.507. The zero-order valence-corrected chi connectivity index (χ0v) is 7.60. The van der Waals surface area contributed by atoms with Gasteiger partial charge in [0.2, 0.25) is 5.82 Å². The third kappa shape index (κ3) is 1.83. The standard InChI is InChI=1S/C7H12N4O2/c1-5(3-8)10-4-7(11(12)13)9-6(10)2/h4-5H,3,8H2,1-2H3.